The number of urea groups is 1. The van der Waals surface area contributed by atoms with Gasteiger partial charge in [0.1, 0.15) is 0 Å². The van der Waals surface area contributed by atoms with E-state index < -0.39 is 0 Å². The molecule has 31 heavy (non-hydrogen) atoms. The summed E-state index contributed by atoms with van der Waals surface area (Å²) in [5, 5.41) is 3.95. The van der Waals surface area contributed by atoms with Crippen LogP contribution >= 0.6 is 0 Å². The maximum absolute atomic E-state index is 13.1. The van der Waals surface area contributed by atoms with E-state index in [1.165, 1.54) is 4.90 Å². The molecule has 2 saturated heterocycles. The van der Waals surface area contributed by atoms with Gasteiger partial charge in [-0.15, -0.1) is 0 Å². The SMILES string of the molecule is O=C(N[C@@H]1CCCN2C(=O)N(Cc3ccccc3)C(=O)C[C@H]12)c1c[nH]c2ccccc12. The molecule has 158 valence electrons. The van der Waals surface area contributed by atoms with Crippen LogP contribution in [0.3, 0.4) is 0 Å². The third-order valence-corrected chi connectivity index (χ3v) is 6.27. The van der Waals surface area contributed by atoms with Crippen LogP contribution in [0.5, 0.6) is 0 Å². The molecule has 0 aliphatic carbocycles. The second-order valence-corrected chi connectivity index (χ2v) is 8.18. The molecule has 7 nitrogen and oxygen atoms in total. The number of hydrogen-bond acceptors (Lipinski definition) is 3. The molecule has 4 amide bonds. The van der Waals surface area contributed by atoms with Gasteiger partial charge in [-0.05, 0) is 24.5 Å². The van der Waals surface area contributed by atoms with Gasteiger partial charge >= 0.3 is 6.03 Å². The molecule has 2 N–H and O–H groups in total. The normalized spacial score (nSPS) is 21.3. The number of carbonyl (C=O) groups excluding carboxylic acids is 3. The number of fused-ring (bicyclic) bond motifs is 2. The summed E-state index contributed by atoms with van der Waals surface area (Å²) in [6.45, 7) is 0.871. The lowest BCUT2D eigenvalue weighted by Crippen LogP contribution is -2.64. The van der Waals surface area contributed by atoms with Crippen LogP contribution in [-0.4, -0.2) is 51.3 Å². The van der Waals surface area contributed by atoms with Crippen molar-refractivity contribution in [2.45, 2.75) is 37.9 Å². The summed E-state index contributed by atoms with van der Waals surface area (Å²) in [5.41, 5.74) is 2.40. The van der Waals surface area contributed by atoms with E-state index in [0.717, 1.165) is 29.3 Å². The first kappa shape index (κ1) is 19.4. The van der Waals surface area contributed by atoms with Gasteiger partial charge in [-0.25, -0.2) is 4.79 Å². The summed E-state index contributed by atoms with van der Waals surface area (Å²) in [6, 6.07) is 16.3. The Labute approximate surface area is 180 Å². The molecule has 0 saturated carbocycles. The van der Waals surface area contributed by atoms with Crippen molar-refractivity contribution < 1.29 is 14.4 Å². The third kappa shape index (κ3) is 3.56. The average Bonchev–Trinajstić information content (AvgIpc) is 3.22. The lowest BCUT2D eigenvalue weighted by Gasteiger charge is -2.46. The second kappa shape index (κ2) is 7.91. The van der Waals surface area contributed by atoms with E-state index in [0.29, 0.717) is 12.1 Å². The lowest BCUT2D eigenvalue weighted by molar-refractivity contribution is -0.134. The van der Waals surface area contributed by atoms with Crippen molar-refractivity contribution in [2.75, 3.05) is 6.54 Å². The Bertz CT molecular complexity index is 1140. The summed E-state index contributed by atoms with van der Waals surface area (Å²) < 4.78 is 0. The van der Waals surface area contributed by atoms with Crippen LogP contribution in [0.1, 0.15) is 35.2 Å². The molecular weight excluding hydrogens is 392 g/mol. The predicted octanol–water partition coefficient (Wildman–Crippen LogP) is 3.28. The maximum Gasteiger partial charge on any atom is 0.327 e. The molecule has 2 fully saturated rings. The Morgan fingerprint density at radius 1 is 1.06 bits per heavy atom. The van der Waals surface area contributed by atoms with Crippen molar-refractivity contribution in [3.8, 4) is 0 Å². The molecule has 0 bridgehead atoms. The molecule has 1 aromatic heterocycles. The van der Waals surface area contributed by atoms with E-state index in [1.807, 2.05) is 54.6 Å². The number of H-pyrrole nitrogens is 1. The molecular formula is C24H24N4O3. The van der Waals surface area contributed by atoms with Gasteiger partial charge in [0.25, 0.3) is 5.91 Å². The van der Waals surface area contributed by atoms with Crippen molar-refractivity contribution in [3.63, 3.8) is 0 Å². The zero-order valence-corrected chi connectivity index (χ0v) is 17.1. The van der Waals surface area contributed by atoms with Gasteiger partial charge in [0.2, 0.25) is 5.91 Å². The molecule has 0 unspecified atom stereocenters. The van der Waals surface area contributed by atoms with E-state index in [-0.39, 0.29) is 42.9 Å². The Balaban J connectivity index is 1.33. The quantitative estimate of drug-likeness (QED) is 0.684. The fourth-order valence-electron chi connectivity index (χ4n) is 4.69. The number of aromatic nitrogens is 1. The van der Waals surface area contributed by atoms with Crippen LogP contribution < -0.4 is 5.32 Å². The van der Waals surface area contributed by atoms with E-state index >= 15 is 0 Å². The molecule has 7 heteroatoms. The molecule has 2 aliphatic heterocycles. The van der Waals surface area contributed by atoms with Gasteiger partial charge in [0.05, 0.1) is 24.2 Å². The number of carbonyl (C=O) groups is 3. The van der Waals surface area contributed by atoms with Crippen LogP contribution in [0.25, 0.3) is 10.9 Å². The minimum Gasteiger partial charge on any atom is -0.360 e. The van der Waals surface area contributed by atoms with Crippen LogP contribution in [0.15, 0.2) is 60.8 Å². The van der Waals surface area contributed by atoms with Gasteiger partial charge < -0.3 is 15.2 Å². The zero-order valence-electron chi connectivity index (χ0n) is 17.1. The fraction of sp³-hybridized carbons (Fsp3) is 0.292. The van der Waals surface area contributed by atoms with Crippen molar-refractivity contribution in [1.82, 2.24) is 20.1 Å². The molecule has 2 aromatic carbocycles. The average molecular weight is 416 g/mol. The maximum atomic E-state index is 13.1. The largest absolute Gasteiger partial charge is 0.360 e. The highest BCUT2D eigenvalue weighted by Gasteiger charge is 2.44. The Morgan fingerprint density at radius 3 is 2.68 bits per heavy atom. The predicted molar refractivity (Wildman–Crippen MR) is 116 cm³/mol. The Morgan fingerprint density at radius 2 is 1.84 bits per heavy atom. The van der Waals surface area contributed by atoms with Crippen LogP contribution in [-0.2, 0) is 11.3 Å². The highest BCUT2D eigenvalue weighted by Crippen LogP contribution is 2.28. The Kier molecular flexibility index (Phi) is 4.94. The van der Waals surface area contributed by atoms with Gasteiger partial charge in [-0.1, -0.05) is 48.5 Å². The highest BCUT2D eigenvalue weighted by atomic mass is 16.2. The third-order valence-electron chi connectivity index (χ3n) is 6.27. The minimum atomic E-state index is -0.310. The number of nitrogens with one attached hydrogen (secondary N) is 2. The van der Waals surface area contributed by atoms with Crippen molar-refractivity contribution in [3.05, 3.63) is 71.9 Å². The Hall–Kier alpha value is -3.61. The number of imide groups is 1. The fourth-order valence-corrected chi connectivity index (χ4v) is 4.69. The number of aromatic amines is 1. The molecule has 2 atom stereocenters. The minimum absolute atomic E-state index is 0.184. The van der Waals surface area contributed by atoms with Gasteiger partial charge in [0.15, 0.2) is 0 Å². The smallest absolute Gasteiger partial charge is 0.327 e. The zero-order chi connectivity index (χ0) is 21.4. The van der Waals surface area contributed by atoms with Gasteiger partial charge in [0, 0.05) is 30.1 Å². The molecule has 2 aliphatic rings. The second-order valence-electron chi connectivity index (χ2n) is 8.18. The molecule has 3 heterocycles. The standard InChI is InChI=1S/C24H24N4O3/c29-22-13-21-20(26-23(30)18-14-25-19-10-5-4-9-17(18)19)11-6-12-27(21)24(31)28(22)15-16-7-2-1-3-8-16/h1-5,7-10,14,20-21,25H,6,11-13,15H2,(H,26,30)/t20-,21-/m1/s1. The summed E-state index contributed by atoms with van der Waals surface area (Å²) in [7, 11) is 0. The van der Waals surface area contributed by atoms with E-state index in [9.17, 15) is 14.4 Å². The van der Waals surface area contributed by atoms with Crippen LogP contribution in [0.4, 0.5) is 4.79 Å². The summed E-state index contributed by atoms with van der Waals surface area (Å²) in [4.78, 5) is 45.2. The number of rotatable bonds is 4. The number of piperidine rings is 1. The highest BCUT2D eigenvalue weighted by molar-refractivity contribution is 6.07. The summed E-state index contributed by atoms with van der Waals surface area (Å²) in [5.74, 6) is -0.376. The molecule has 3 aromatic rings. The molecule has 5 rings (SSSR count). The van der Waals surface area contributed by atoms with E-state index in [1.54, 1.807) is 11.1 Å². The first-order valence-corrected chi connectivity index (χ1v) is 10.6. The first-order chi connectivity index (χ1) is 15.1. The number of benzene rings is 2. The van der Waals surface area contributed by atoms with Gasteiger partial charge in [-0.3, -0.25) is 14.5 Å². The lowest BCUT2D eigenvalue weighted by atomic mass is 9.91. The number of para-hydroxylation sites is 1. The summed E-state index contributed by atoms with van der Waals surface area (Å²) in [6.07, 6.45) is 3.46. The molecule has 0 radical (unpaired) electrons. The van der Waals surface area contributed by atoms with Crippen molar-refractivity contribution >= 4 is 28.7 Å². The van der Waals surface area contributed by atoms with Gasteiger partial charge in [-0.2, -0.15) is 0 Å². The number of hydrogen-bond donors (Lipinski definition) is 2. The molecule has 0 spiro atoms. The van der Waals surface area contributed by atoms with E-state index in [4.69, 9.17) is 0 Å². The van der Waals surface area contributed by atoms with Crippen molar-refractivity contribution in [1.29, 1.82) is 0 Å². The number of amides is 4. The van der Waals surface area contributed by atoms with E-state index in [2.05, 4.69) is 10.3 Å². The first-order valence-electron chi connectivity index (χ1n) is 10.6. The van der Waals surface area contributed by atoms with Crippen LogP contribution in [0.2, 0.25) is 0 Å². The topological polar surface area (TPSA) is 85.5 Å². The monoisotopic (exact) mass is 416 g/mol. The number of nitrogens with zero attached hydrogens (tertiary/aromatic N) is 2. The summed E-state index contributed by atoms with van der Waals surface area (Å²) >= 11 is 0. The van der Waals surface area contributed by atoms with Crippen molar-refractivity contribution in [2.24, 2.45) is 0 Å². The van der Waals surface area contributed by atoms with Crippen LogP contribution in [0, 0.1) is 0 Å².